The molecule has 2 amide bonds. The van der Waals surface area contributed by atoms with Crippen LogP contribution in [0.15, 0.2) is 48.5 Å². The van der Waals surface area contributed by atoms with Crippen LogP contribution in [0.3, 0.4) is 0 Å². The van der Waals surface area contributed by atoms with Gasteiger partial charge in [0.1, 0.15) is 0 Å². The highest BCUT2D eigenvalue weighted by Gasteiger charge is 2.31. The van der Waals surface area contributed by atoms with Crippen molar-refractivity contribution in [2.24, 2.45) is 5.92 Å². The van der Waals surface area contributed by atoms with Crippen molar-refractivity contribution in [1.82, 2.24) is 9.62 Å². The molecule has 4 rings (SSSR count). The number of hydrogen-bond donors (Lipinski definition) is 2. The van der Waals surface area contributed by atoms with Gasteiger partial charge in [0, 0.05) is 37.2 Å². The molecule has 10 heteroatoms. The van der Waals surface area contributed by atoms with Crippen LogP contribution in [-0.4, -0.2) is 56.9 Å². The maximum Gasteiger partial charge on any atom is 0.253 e. The van der Waals surface area contributed by atoms with Crippen molar-refractivity contribution in [3.63, 3.8) is 0 Å². The van der Waals surface area contributed by atoms with Gasteiger partial charge >= 0.3 is 0 Å². The Labute approximate surface area is 211 Å². The van der Waals surface area contributed by atoms with Gasteiger partial charge in [-0.25, -0.2) is 12.7 Å². The second kappa shape index (κ2) is 11.5. The Kier molecular flexibility index (Phi) is 8.43. The molecule has 188 valence electrons. The maximum atomic E-state index is 12.9. The van der Waals surface area contributed by atoms with E-state index in [2.05, 4.69) is 10.6 Å². The van der Waals surface area contributed by atoms with Crippen LogP contribution in [0.5, 0.6) is 0 Å². The molecule has 2 aromatic carbocycles. The summed E-state index contributed by atoms with van der Waals surface area (Å²) >= 11 is 5.97. The largest absolute Gasteiger partial charge is 0.376 e. The molecule has 2 fully saturated rings. The van der Waals surface area contributed by atoms with Gasteiger partial charge in [-0.1, -0.05) is 35.9 Å². The van der Waals surface area contributed by atoms with Crippen molar-refractivity contribution in [1.29, 1.82) is 0 Å². The Hall–Kier alpha value is -2.46. The summed E-state index contributed by atoms with van der Waals surface area (Å²) in [4.78, 5) is 25.7. The Morgan fingerprint density at radius 3 is 2.54 bits per heavy atom. The molecule has 0 aliphatic carbocycles. The molecule has 0 aromatic heterocycles. The molecular weight excluding hydrogens is 490 g/mol. The predicted molar refractivity (Wildman–Crippen MR) is 135 cm³/mol. The van der Waals surface area contributed by atoms with E-state index in [1.54, 1.807) is 48.5 Å². The van der Waals surface area contributed by atoms with Gasteiger partial charge in [-0.05, 0) is 55.5 Å². The van der Waals surface area contributed by atoms with Crippen LogP contribution < -0.4 is 10.6 Å². The highest BCUT2D eigenvalue weighted by atomic mass is 35.5. The number of carbonyl (C=O) groups is 2. The minimum atomic E-state index is -3.51. The van der Waals surface area contributed by atoms with Gasteiger partial charge in [0.25, 0.3) is 5.91 Å². The molecule has 8 nitrogen and oxygen atoms in total. The summed E-state index contributed by atoms with van der Waals surface area (Å²) in [5, 5.41) is 6.25. The van der Waals surface area contributed by atoms with E-state index in [1.165, 1.54) is 4.31 Å². The van der Waals surface area contributed by atoms with Crippen LogP contribution in [0, 0.1) is 5.92 Å². The summed E-state index contributed by atoms with van der Waals surface area (Å²) in [6.45, 7) is 1.69. The number of piperidine rings is 1. The van der Waals surface area contributed by atoms with Crippen LogP contribution in [0.4, 0.5) is 5.69 Å². The number of benzene rings is 2. The molecule has 2 saturated heterocycles. The molecular formula is C25H30ClN3O5S. The maximum absolute atomic E-state index is 12.9. The standard InChI is InChI=1S/C25H30ClN3O5S/c26-20-6-3-5-18(15-20)17-35(32,33)29-12-10-19(11-13-29)24(30)28-23-9-2-1-8-22(23)25(31)27-16-21-7-4-14-34-21/h1-3,5-6,8-9,15,19,21H,4,7,10-14,16-17H2,(H,27,31)(H,28,30)/t21-/m0/s1. The molecule has 35 heavy (non-hydrogen) atoms. The predicted octanol–water partition coefficient (Wildman–Crippen LogP) is 3.43. The first-order valence-corrected chi connectivity index (χ1v) is 13.8. The summed E-state index contributed by atoms with van der Waals surface area (Å²) in [5.74, 6) is -0.941. The zero-order chi connectivity index (χ0) is 24.8. The molecule has 0 saturated carbocycles. The number of rotatable bonds is 8. The van der Waals surface area contributed by atoms with Crippen LogP contribution in [-0.2, 0) is 25.3 Å². The van der Waals surface area contributed by atoms with E-state index in [1.807, 2.05) is 0 Å². The van der Waals surface area contributed by atoms with Gasteiger partial charge < -0.3 is 15.4 Å². The van der Waals surface area contributed by atoms with Crippen LogP contribution in [0.25, 0.3) is 0 Å². The molecule has 2 N–H and O–H groups in total. The molecule has 1 atom stereocenters. The molecule has 0 unspecified atom stereocenters. The lowest BCUT2D eigenvalue weighted by atomic mass is 9.97. The van der Waals surface area contributed by atoms with Gasteiger partial charge in [0.2, 0.25) is 15.9 Å². The number of nitrogens with one attached hydrogen (secondary N) is 2. The highest BCUT2D eigenvalue weighted by molar-refractivity contribution is 7.88. The Morgan fingerprint density at radius 2 is 1.83 bits per heavy atom. The van der Waals surface area contributed by atoms with Crippen molar-refractivity contribution < 1.29 is 22.7 Å². The van der Waals surface area contributed by atoms with Gasteiger partial charge in [0.15, 0.2) is 0 Å². The van der Waals surface area contributed by atoms with Crippen molar-refractivity contribution in [2.45, 2.75) is 37.5 Å². The smallest absolute Gasteiger partial charge is 0.253 e. The Bertz CT molecular complexity index is 1160. The first kappa shape index (κ1) is 25.6. The quantitative estimate of drug-likeness (QED) is 0.556. The third kappa shape index (κ3) is 6.82. The number of amides is 2. The first-order valence-electron chi connectivity index (χ1n) is 11.8. The van der Waals surface area contributed by atoms with Crippen LogP contribution in [0.1, 0.15) is 41.6 Å². The van der Waals surface area contributed by atoms with E-state index in [4.69, 9.17) is 16.3 Å². The fourth-order valence-corrected chi connectivity index (χ4v) is 6.22. The zero-order valence-electron chi connectivity index (χ0n) is 19.4. The Morgan fingerprint density at radius 1 is 1.06 bits per heavy atom. The minimum Gasteiger partial charge on any atom is -0.376 e. The average molecular weight is 520 g/mol. The number of sulfonamides is 1. The van der Waals surface area contributed by atoms with E-state index >= 15 is 0 Å². The van der Waals surface area contributed by atoms with Crippen molar-refractivity contribution >= 4 is 39.1 Å². The topological polar surface area (TPSA) is 105 Å². The summed E-state index contributed by atoms with van der Waals surface area (Å²) in [6, 6.07) is 13.7. The first-order chi connectivity index (χ1) is 16.8. The fourth-order valence-electron chi connectivity index (χ4n) is 4.46. The van der Waals surface area contributed by atoms with Crippen molar-refractivity contribution in [3.05, 3.63) is 64.7 Å². The van der Waals surface area contributed by atoms with E-state index in [9.17, 15) is 18.0 Å². The van der Waals surface area contributed by atoms with Gasteiger partial charge in [-0.2, -0.15) is 0 Å². The molecule has 2 aliphatic rings. The molecule has 2 heterocycles. The molecule has 0 radical (unpaired) electrons. The lowest BCUT2D eigenvalue weighted by molar-refractivity contribution is -0.120. The normalized spacial score (nSPS) is 19.4. The van der Waals surface area contributed by atoms with E-state index in [-0.39, 0.29) is 42.7 Å². The molecule has 0 spiro atoms. The lowest BCUT2D eigenvalue weighted by Crippen LogP contribution is -2.42. The Balaban J connectivity index is 1.31. The van der Waals surface area contributed by atoms with Crippen LogP contribution >= 0.6 is 11.6 Å². The third-order valence-electron chi connectivity index (χ3n) is 6.40. The fraction of sp³-hybridized carbons (Fsp3) is 0.440. The summed E-state index contributed by atoms with van der Waals surface area (Å²) in [5.41, 5.74) is 1.46. The second-order valence-corrected chi connectivity index (χ2v) is 11.3. The number of nitrogens with zero attached hydrogens (tertiary/aromatic N) is 1. The highest BCUT2D eigenvalue weighted by Crippen LogP contribution is 2.25. The van der Waals surface area contributed by atoms with Gasteiger partial charge in [-0.15, -0.1) is 0 Å². The van der Waals surface area contributed by atoms with Crippen LogP contribution in [0.2, 0.25) is 5.02 Å². The summed E-state index contributed by atoms with van der Waals surface area (Å²) < 4.78 is 32.7. The van der Waals surface area contributed by atoms with Gasteiger partial charge in [0.05, 0.1) is 23.1 Å². The molecule has 0 bridgehead atoms. The van der Waals surface area contributed by atoms with E-state index < -0.39 is 10.0 Å². The monoisotopic (exact) mass is 519 g/mol. The average Bonchev–Trinajstić information content (AvgIpc) is 3.36. The molecule has 2 aliphatic heterocycles. The number of halogens is 1. The summed E-state index contributed by atoms with van der Waals surface area (Å²) in [7, 11) is -3.51. The number of para-hydroxylation sites is 1. The molecule has 2 aromatic rings. The third-order valence-corrected chi connectivity index (χ3v) is 8.49. The summed E-state index contributed by atoms with van der Waals surface area (Å²) in [6.07, 6.45) is 2.77. The number of hydrogen-bond acceptors (Lipinski definition) is 5. The number of ether oxygens (including phenoxy) is 1. The SMILES string of the molecule is O=C(NC[C@@H]1CCCO1)c1ccccc1NC(=O)C1CCN(S(=O)(=O)Cc2cccc(Cl)c2)CC1. The van der Waals surface area contributed by atoms with Crippen molar-refractivity contribution in [3.8, 4) is 0 Å². The lowest BCUT2D eigenvalue weighted by Gasteiger charge is -2.30. The minimum absolute atomic E-state index is 0.0287. The van der Waals surface area contributed by atoms with Gasteiger partial charge in [-0.3, -0.25) is 9.59 Å². The van der Waals surface area contributed by atoms with E-state index in [0.29, 0.717) is 47.8 Å². The number of carbonyl (C=O) groups excluding carboxylic acids is 2. The zero-order valence-corrected chi connectivity index (χ0v) is 21.0. The van der Waals surface area contributed by atoms with E-state index in [0.717, 1.165) is 12.8 Å². The number of anilines is 1. The van der Waals surface area contributed by atoms with Crippen molar-refractivity contribution in [2.75, 3.05) is 31.6 Å². The second-order valence-electron chi connectivity index (χ2n) is 8.94.